The van der Waals surface area contributed by atoms with Gasteiger partial charge in [0, 0.05) is 27.7 Å². The summed E-state index contributed by atoms with van der Waals surface area (Å²) in [5, 5.41) is 50.7. The van der Waals surface area contributed by atoms with Gasteiger partial charge in [0.15, 0.2) is 0 Å². The molecule has 2 aliphatic carbocycles. The summed E-state index contributed by atoms with van der Waals surface area (Å²) in [6, 6.07) is 8.85. The molecule has 2 fully saturated rings. The summed E-state index contributed by atoms with van der Waals surface area (Å²) in [7, 11) is 5.57. The molecule has 0 radical (unpaired) electrons. The van der Waals surface area contributed by atoms with Crippen LogP contribution in [0.25, 0.3) is 0 Å². The van der Waals surface area contributed by atoms with E-state index in [1.54, 1.807) is 16.9 Å². The van der Waals surface area contributed by atoms with Crippen molar-refractivity contribution in [1.82, 2.24) is 15.0 Å². The third-order valence-electron chi connectivity index (χ3n) is 5.53. The monoisotopic (exact) mass is 672 g/mol. The number of hydrogen-bond donors (Lipinski definition) is 3. The summed E-state index contributed by atoms with van der Waals surface area (Å²) in [5.74, 6) is 0. The van der Waals surface area contributed by atoms with Gasteiger partial charge in [0.1, 0.15) is 33.7 Å². The molecule has 224 valence electrons. The maximum absolute atomic E-state index is 10.5. The van der Waals surface area contributed by atoms with Crippen LogP contribution in [0.4, 0.5) is 17.1 Å². The third-order valence-corrected chi connectivity index (χ3v) is 11.5. The highest BCUT2D eigenvalue weighted by Gasteiger charge is 2.43. The van der Waals surface area contributed by atoms with Gasteiger partial charge in [-0.25, -0.2) is 15.0 Å². The first-order chi connectivity index (χ1) is 20.0. The Morgan fingerprint density at radius 1 is 0.667 bits per heavy atom. The molecule has 3 aromatic rings. The topological polar surface area (TPSA) is 209 Å². The Morgan fingerprint density at radius 2 is 1.05 bits per heavy atom. The zero-order valence-corrected chi connectivity index (χ0v) is 25.7. The van der Waals surface area contributed by atoms with Crippen molar-refractivity contribution in [2.75, 3.05) is 13.2 Å². The van der Waals surface area contributed by atoms with E-state index in [0.717, 1.165) is 30.7 Å². The van der Waals surface area contributed by atoms with Crippen LogP contribution in [0, 0.1) is 30.3 Å². The second kappa shape index (κ2) is 15.7. The molecule has 0 atom stereocenters. The number of nitro groups is 3. The van der Waals surface area contributed by atoms with Crippen molar-refractivity contribution < 1.29 is 25.0 Å². The molecule has 0 saturated heterocycles. The van der Waals surface area contributed by atoms with Crippen molar-refractivity contribution in [3.8, 4) is 0 Å². The van der Waals surface area contributed by atoms with Gasteiger partial charge in [-0.2, -0.15) is 12.6 Å². The first kappa shape index (κ1) is 33.8. The standard InChI is InChI=1S/C10H6N4O4S2.C9H10N2O3S2.C4H8OS/c15-13(16)7-1-3-9(11-5-7)19-20-10-4-2-8(6-12-10)14(17)18;12-6-9(3-4-9)16-15-8-2-1-7(5-10-8)11(13)14;5-3-4(6)1-2-4/h1-6H;1-2,5,12H,3-4,6H2;5-6H,1-3H2. The van der Waals surface area contributed by atoms with Crippen molar-refractivity contribution in [2.24, 2.45) is 0 Å². The lowest BCUT2D eigenvalue weighted by Gasteiger charge is -2.08. The zero-order chi connectivity index (χ0) is 30.8. The number of rotatable bonds is 11. The van der Waals surface area contributed by atoms with Crippen molar-refractivity contribution in [3.05, 3.63) is 85.3 Å². The quantitative estimate of drug-likeness (QED) is 0.0953. The molecule has 19 heteroatoms. The van der Waals surface area contributed by atoms with E-state index in [-0.39, 0.29) is 39.8 Å². The highest BCUT2D eigenvalue weighted by atomic mass is 33.1. The lowest BCUT2D eigenvalue weighted by atomic mass is 10.4. The van der Waals surface area contributed by atoms with Crippen molar-refractivity contribution in [2.45, 2.75) is 50.3 Å². The Morgan fingerprint density at radius 3 is 1.26 bits per heavy atom. The van der Waals surface area contributed by atoms with E-state index in [0.29, 0.717) is 10.1 Å². The van der Waals surface area contributed by atoms with Crippen LogP contribution in [0.1, 0.15) is 25.7 Å². The molecule has 0 aliphatic heterocycles. The first-order valence-corrected chi connectivity index (χ1v) is 16.7. The molecular weight excluding hydrogens is 649 g/mol. The minimum atomic E-state index is -0.521. The van der Waals surface area contributed by atoms with E-state index in [1.807, 2.05) is 0 Å². The summed E-state index contributed by atoms with van der Waals surface area (Å²) >= 11 is 4.12. The largest absolute Gasteiger partial charge is 0.395 e. The Bertz CT molecular complexity index is 1300. The smallest absolute Gasteiger partial charge is 0.287 e. The molecule has 14 nitrogen and oxygen atoms in total. The maximum atomic E-state index is 10.5. The van der Waals surface area contributed by atoms with Crippen LogP contribution < -0.4 is 0 Å². The van der Waals surface area contributed by atoms with Gasteiger partial charge in [-0.15, -0.1) is 0 Å². The van der Waals surface area contributed by atoms with Crippen LogP contribution in [-0.4, -0.2) is 62.6 Å². The van der Waals surface area contributed by atoms with Crippen LogP contribution in [0.5, 0.6) is 0 Å². The van der Waals surface area contributed by atoms with Gasteiger partial charge < -0.3 is 10.2 Å². The van der Waals surface area contributed by atoms with Crippen LogP contribution in [0.15, 0.2) is 70.1 Å². The average molecular weight is 673 g/mol. The van der Waals surface area contributed by atoms with Gasteiger partial charge in [-0.3, -0.25) is 30.3 Å². The van der Waals surface area contributed by atoms with Gasteiger partial charge in [0.2, 0.25) is 0 Å². The van der Waals surface area contributed by atoms with E-state index < -0.39 is 14.8 Å². The van der Waals surface area contributed by atoms with Crippen molar-refractivity contribution in [1.29, 1.82) is 0 Å². The van der Waals surface area contributed by atoms with E-state index in [4.69, 9.17) is 10.2 Å². The van der Waals surface area contributed by atoms with Crippen LogP contribution in [0.3, 0.4) is 0 Å². The lowest BCUT2D eigenvalue weighted by Crippen LogP contribution is -2.06. The SMILES string of the molecule is O=[N+]([O-])c1ccc(SSC2(CO)CC2)nc1.O=[N+]([O-])c1ccc(SSc2ccc([N+](=O)[O-])cn2)nc1.OCC1(S)CC1. The van der Waals surface area contributed by atoms with Crippen LogP contribution >= 0.6 is 55.8 Å². The molecule has 3 heterocycles. The molecule has 2 N–H and O–H groups in total. The molecule has 5 rings (SSSR count). The molecule has 0 spiro atoms. The molecule has 2 aliphatic rings. The molecule has 3 aromatic heterocycles. The fourth-order valence-electron chi connectivity index (χ4n) is 2.52. The first-order valence-electron chi connectivity index (χ1n) is 11.9. The molecule has 0 amide bonds. The molecular formula is C23H24N6O8S5. The van der Waals surface area contributed by atoms with E-state index in [1.165, 1.54) is 81.3 Å². The van der Waals surface area contributed by atoms with Gasteiger partial charge in [0.25, 0.3) is 17.1 Å². The summed E-state index contributed by atoms with van der Waals surface area (Å²) in [6.07, 6.45) is 7.82. The number of aromatic nitrogens is 3. The van der Waals surface area contributed by atoms with E-state index >= 15 is 0 Å². The van der Waals surface area contributed by atoms with Gasteiger partial charge in [-0.05, 0) is 76.3 Å². The molecule has 0 bridgehead atoms. The Labute approximate surface area is 260 Å². The number of aliphatic hydroxyl groups excluding tert-OH is 2. The zero-order valence-electron chi connectivity index (χ0n) is 21.5. The second-order valence-corrected chi connectivity index (χ2v) is 14.6. The number of nitrogens with zero attached hydrogens (tertiary/aromatic N) is 6. The summed E-state index contributed by atoms with van der Waals surface area (Å²) in [4.78, 5) is 41.7. The fourth-order valence-corrected chi connectivity index (χ4v) is 6.88. The number of aliphatic hydroxyl groups is 2. The minimum absolute atomic E-state index is 0.00218. The Kier molecular flexibility index (Phi) is 12.6. The molecule has 42 heavy (non-hydrogen) atoms. The van der Waals surface area contributed by atoms with Crippen LogP contribution in [0.2, 0.25) is 0 Å². The highest BCUT2D eigenvalue weighted by molar-refractivity contribution is 8.77. The summed E-state index contributed by atoms with van der Waals surface area (Å²) < 4.78 is 0.0358. The third kappa shape index (κ3) is 11.2. The summed E-state index contributed by atoms with van der Waals surface area (Å²) in [5.41, 5.74) is -0.154. The molecule has 2 saturated carbocycles. The molecule has 0 unspecified atom stereocenters. The predicted octanol–water partition coefficient (Wildman–Crippen LogP) is 5.79. The highest BCUT2D eigenvalue weighted by Crippen LogP contribution is 2.54. The Hall–Kier alpha value is -2.68. The average Bonchev–Trinajstić information content (AvgIpc) is 3.94. The number of hydrogen-bond acceptors (Lipinski definition) is 16. The van der Waals surface area contributed by atoms with Crippen molar-refractivity contribution >= 4 is 72.9 Å². The fraction of sp³-hybridized carbons (Fsp3) is 0.348. The Balaban J connectivity index is 0.000000195. The van der Waals surface area contributed by atoms with E-state index in [9.17, 15) is 30.3 Å². The maximum Gasteiger partial charge on any atom is 0.287 e. The van der Waals surface area contributed by atoms with Gasteiger partial charge in [0.05, 0.1) is 28.0 Å². The second-order valence-electron chi connectivity index (χ2n) is 8.89. The van der Waals surface area contributed by atoms with Crippen molar-refractivity contribution in [3.63, 3.8) is 0 Å². The lowest BCUT2D eigenvalue weighted by molar-refractivity contribution is -0.385. The minimum Gasteiger partial charge on any atom is -0.395 e. The summed E-state index contributed by atoms with van der Waals surface area (Å²) in [6.45, 7) is 0.424. The normalized spacial score (nSPS) is 15.2. The molecule has 0 aromatic carbocycles. The number of thiol groups is 1. The number of pyridine rings is 3. The predicted molar refractivity (Wildman–Crippen MR) is 165 cm³/mol. The van der Waals surface area contributed by atoms with Crippen LogP contribution in [-0.2, 0) is 0 Å². The van der Waals surface area contributed by atoms with E-state index in [2.05, 4.69) is 27.6 Å². The van der Waals surface area contributed by atoms with Gasteiger partial charge >= 0.3 is 0 Å². The van der Waals surface area contributed by atoms with Gasteiger partial charge in [-0.1, -0.05) is 10.8 Å².